The topological polar surface area (TPSA) is 92.8 Å². The van der Waals surface area contributed by atoms with E-state index in [2.05, 4.69) is 5.32 Å². The van der Waals surface area contributed by atoms with Crippen molar-refractivity contribution in [1.82, 2.24) is 0 Å². The standard InChI is InChI=1S/C27H31F3N2O5S/c1-2-38(35,36)24-13-5-19(6-14-24)16-25(33)31-21-9-11-22(12-10-21)32-17-23(37-26(32)34)15-18-3-7-20(8-4-18)27(28,29)30/h5-6,9-14,18,20,23H,2-4,7-8,15-17H2,1H3,(H,31,33). The van der Waals surface area contributed by atoms with Gasteiger partial charge in [0, 0.05) is 11.4 Å². The third-order valence-corrected chi connectivity index (χ3v) is 9.02. The predicted molar refractivity (Wildman–Crippen MR) is 137 cm³/mol. The molecule has 1 heterocycles. The molecule has 1 atom stereocenters. The fourth-order valence-electron chi connectivity index (χ4n) is 5.05. The van der Waals surface area contributed by atoms with Gasteiger partial charge in [0.05, 0.1) is 29.5 Å². The van der Waals surface area contributed by atoms with Gasteiger partial charge in [0.15, 0.2) is 9.84 Å². The molecule has 1 aliphatic carbocycles. The lowest BCUT2D eigenvalue weighted by Gasteiger charge is -2.30. The molecule has 1 unspecified atom stereocenters. The number of sulfone groups is 1. The van der Waals surface area contributed by atoms with E-state index in [9.17, 15) is 31.2 Å². The summed E-state index contributed by atoms with van der Waals surface area (Å²) >= 11 is 0. The minimum Gasteiger partial charge on any atom is -0.444 e. The molecule has 2 amide bonds. The van der Waals surface area contributed by atoms with Crippen molar-refractivity contribution in [3.63, 3.8) is 0 Å². The summed E-state index contributed by atoms with van der Waals surface area (Å²) in [5, 5.41) is 2.78. The molecule has 4 rings (SSSR count). The molecule has 0 bridgehead atoms. The van der Waals surface area contributed by atoms with Gasteiger partial charge in [-0.25, -0.2) is 13.2 Å². The summed E-state index contributed by atoms with van der Waals surface area (Å²) in [6, 6.07) is 12.9. The third-order valence-electron chi connectivity index (χ3n) is 7.27. The summed E-state index contributed by atoms with van der Waals surface area (Å²) < 4.78 is 68.0. The average Bonchev–Trinajstić information content (AvgIpc) is 3.24. The Hall–Kier alpha value is -3.08. The van der Waals surface area contributed by atoms with E-state index in [-0.39, 0.29) is 47.8 Å². The second-order valence-electron chi connectivity index (χ2n) is 9.93. The van der Waals surface area contributed by atoms with Gasteiger partial charge < -0.3 is 10.1 Å². The smallest absolute Gasteiger partial charge is 0.414 e. The molecule has 2 aliphatic rings. The Bertz CT molecular complexity index is 1240. The Kier molecular flexibility index (Phi) is 8.34. The first-order valence-electron chi connectivity index (χ1n) is 12.7. The van der Waals surface area contributed by atoms with Gasteiger partial charge in [0.25, 0.3) is 0 Å². The normalized spacial score (nSPS) is 22.3. The summed E-state index contributed by atoms with van der Waals surface area (Å²) in [7, 11) is -3.30. The van der Waals surface area contributed by atoms with Crippen LogP contribution in [0.15, 0.2) is 53.4 Å². The van der Waals surface area contributed by atoms with E-state index in [0.29, 0.717) is 42.7 Å². The number of rotatable bonds is 8. The van der Waals surface area contributed by atoms with Gasteiger partial charge in [-0.15, -0.1) is 0 Å². The van der Waals surface area contributed by atoms with E-state index >= 15 is 0 Å². The second kappa shape index (κ2) is 11.3. The zero-order valence-electron chi connectivity index (χ0n) is 21.0. The molecule has 0 aromatic heterocycles. The van der Waals surface area contributed by atoms with Crippen LogP contribution in [-0.2, 0) is 25.8 Å². The molecule has 0 spiro atoms. The number of ether oxygens (including phenoxy) is 1. The highest BCUT2D eigenvalue weighted by atomic mass is 32.2. The van der Waals surface area contributed by atoms with Crippen molar-refractivity contribution in [2.24, 2.45) is 11.8 Å². The number of nitrogens with zero attached hydrogens (tertiary/aromatic N) is 1. The molecule has 11 heteroatoms. The largest absolute Gasteiger partial charge is 0.444 e. The van der Waals surface area contributed by atoms with Crippen molar-refractivity contribution in [2.75, 3.05) is 22.5 Å². The number of hydrogen-bond acceptors (Lipinski definition) is 5. The van der Waals surface area contributed by atoms with Gasteiger partial charge in [0.1, 0.15) is 6.10 Å². The van der Waals surface area contributed by atoms with Crippen molar-refractivity contribution in [3.8, 4) is 0 Å². The first-order chi connectivity index (χ1) is 17.9. The average molecular weight is 553 g/mol. The predicted octanol–water partition coefficient (Wildman–Crippen LogP) is 5.75. The van der Waals surface area contributed by atoms with Crippen molar-refractivity contribution >= 4 is 33.2 Å². The Balaban J connectivity index is 1.27. The first-order valence-corrected chi connectivity index (χ1v) is 14.4. The summed E-state index contributed by atoms with van der Waals surface area (Å²) in [4.78, 5) is 26.6. The maximum Gasteiger partial charge on any atom is 0.414 e. The monoisotopic (exact) mass is 552 g/mol. The molecule has 206 valence electrons. The lowest BCUT2D eigenvalue weighted by Crippen LogP contribution is -2.29. The minimum atomic E-state index is -4.14. The van der Waals surface area contributed by atoms with Crippen LogP contribution in [0.2, 0.25) is 0 Å². The number of amides is 2. The highest BCUT2D eigenvalue weighted by Gasteiger charge is 2.42. The fraction of sp³-hybridized carbons (Fsp3) is 0.481. The van der Waals surface area contributed by atoms with E-state index in [1.165, 1.54) is 17.0 Å². The van der Waals surface area contributed by atoms with Crippen LogP contribution in [0.3, 0.4) is 0 Å². The lowest BCUT2D eigenvalue weighted by atomic mass is 9.79. The SMILES string of the molecule is CCS(=O)(=O)c1ccc(CC(=O)Nc2ccc(N3CC(CC4CCC(C(F)(F)F)CC4)OC3=O)cc2)cc1. The van der Waals surface area contributed by atoms with Gasteiger partial charge in [0.2, 0.25) is 5.91 Å². The van der Waals surface area contributed by atoms with Crippen LogP contribution in [0, 0.1) is 11.8 Å². The van der Waals surface area contributed by atoms with Crippen LogP contribution in [0.1, 0.15) is 44.6 Å². The fourth-order valence-corrected chi connectivity index (χ4v) is 5.93. The Morgan fingerprint density at radius 3 is 2.24 bits per heavy atom. The van der Waals surface area contributed by atoms with Crippen LogP contribution in [0.5, 0.6) is 0 Å². The lowest BCUT2D eigenvalue weighted by molar-refractivity contribution is -0.184. The number of nitrogens with one attached hydrogen (secondary N) is 1. The van der Waals surface area contributed by atoms with Crippen molar-refractivity contribution in [2.45, 2.75) is 62.6 Å². The third kappa shape index (κ3) is 6.86. The summed E-state index contributed by atoms with van der Waals surface area (Å²) in [5.74, 6) is -1.39. The quantitative estimate of drug-likeness (QED) is 0.451. The molecule has 1 N–H and O–H groups in total. The molecule has 38 heavy (non-hydrogen) atoms. The molecule has 2 aromatic rings. The molecule has 1 aliphatic heterocycles. The van der Waals surface area contributed by atoms with Crippen LogP contribution in [0.4, 0.5) is 29.3 Å². The Morgan fingerprint density at radius 2 is 1.66 bits per heavy atom. The van der Waals surface area contributed by atoms with E-state index in [4.69, 9.17) is 4.74 Å². The van der Waals surface area contributed by atoms with Crippen molar-refractivity contribution in [1.29, 1.82) is 0 Å². The highest BCUT2D eigenvalue weighted by molar-refractivity contribution is 7.91. The van der Waals surface area contributed by atoms with Gasteiger partial charge in [-0.2, -0.15) is 13.2 Å². The molecule has 0 radical (unpaired) electrons. The van der Waals surface area contributed by atoms with E-state index < -0.39 is 28.0 Å². The number of halogens is 3. The van der Waals surface area contributed by atoms with E-state index in [1.54, 1.807) is 43.3 Å². The number of cyclic esters (lactones) is 1. The number of benzene rings is 2. The second-order valence-corrected chi connectivity index (χ2v) is 12.2. The van der Waals surface area contributed by atoms with E-state index in [0.717, 1.165) is 0 Å². The van der Waals surface area contributed by atoms with Crippen LogP contribution in [-0.4, -0.2) is 45.0 Å². The molecule has 1 saturated heterocycles. The van der Waals surface area contributed by atoms with Crippen LogP contribution >= 0.6 is 0 Å². The molecule has 1 saturated carbocycles. The molecule has 2 aromatic carbocycles. The minimum absolute atomic E-state index is 0.00486. The summed E-state index contributed by atoms with van der Waals surface area (Å²) in [5.41, 5.74) is 1.81. The maximum atomic E-state index is 12.9. The van der Waals surface area contributed by atoms with Crippen LogP contribution in [0.25, 0.3) is 0 Å². The number of hydrogen-bond donors (Lipinski definition) is 1. The van der Waals surface area contributed by atoms with Crippen LogP contribution < -0.4 is 10.2 Å². The number of carbonyl (C=O) groups excluding carboxylic acids is 2. The molecular weight excluding hydrogens is 521 g/mol. The van der Waals surface area contributed by atoms with E-state index in [1.807, 2.05) is 0 Å². The summed E-state index contributed by atoms with van der Waals surface area (Å²) in [6.45, 7) is 1.90. The first kappa shape index (κ1) is 27.9. The highest BCUT2D eigenvalue weighted by Crippen LogP contribution is 2.41. The zero-order valence-corrected chi connectivity index (χ0v) is 21.9. The maximum absolute atomic E-state index is 12.9. The van der Waals surface area contributed by atoms with Gasteiger partial charge >= 0.3 is 12.3 Å². The van der Waals surface area contributed by atoms with Crippen molar-refractivity contribution in [3.05, 3.63) is 54.1 Å². The molecular formula is C27H31F3N2O5S. The van der Waals surface area contributed by atoms with Crippen molar-refractivity contribution < 1.29 is 35.9 Å². The zero-order chi connectivity index (χ0) is 27.5. The van der Waals surface area contributed by atoms with Gasteiger partial charge in [-0.05, 0) is 80.0 Å². The summed E-state index contributed by atoms with van der Waals surface area (Å²) in [6.07, 6.45) is -3.18. The van der Waals surface area contributed by atoms with Gasteiger partial charge in [-0.3, -0.25) is 9.69 Å². The number of anilines is 2. The molecule has 7 nitrogen and oxygen atoms in total. The number of carbonyl (C=O) groups is 2. The van der Waals surface area contributed by atoms with Gasteiger partial charge in [-0.1, -0.05) is 19.1 Å². The Labute approximate surface area is 220 Å². The molecule has 2 fully saturated rings. The number of alkyl halides is 3. The Morgan fingerprint density at radius 1 is 1.03 bits per heavy atom.